The Bertz CT molecular complexity index is 383. The van der Waals surface area contributed by atoms with Gasteiger partial charge < -0.3 is 14.6 Å². The predicted molar refractivity (Wildman–Crippen MR) is 69.0 cm³/mol. The molecule has 0 aromatic carbocycles. The standard InChI is InChI=1S/C13H21NO6/c1-3-7-19-10(15)9-5-6-14-13(9,11(16)17)12(18)20-8-4-2/h9,14H,3-8H2,1-2H3,(H,16,17). The first-order valence-electron chi connectivity index (χ1n) is 6.82. The number of hydrogen-bond donors (Lipinski definition) is 2. The van der Waals surface area contributed by atoms with Gasteiger partial charge in [-0.3, -0.25) is 10.1 Å². The molecule has 1 heterocycles. The van der Waals surface area contributed by atoms with Crippen LogP contribution in [0.3, 0.4) is 0 Å². The second-order valence-electron chi connectivity index (χ2n) is 4.68. The van der Waals surface area contributed by atoms with Crippen molar-refractivity contribution in [2.75, 3.05) is 19.8 Å². The lowest BCUT2D eigenvalue weighted by atomic mass is 9.85. The van der Waals surface area contributed by atoms with Crippen molar-refractivity contribution in [2.24, 2.45) is 5.92 Å². The summed E-state index contributed by atoms with van der Waals surface area (Å²) in [5, 5.41) is 12.0. The Morgan fingerprint density at radius 1 is 1.20 bits per heavy atom. The molecule has 1 fully saturated rings. The maximum Gasteiger partial charge on any atom is 0.339 e. The van der Waals surface area contributed by atoms with Gasteiger partial charge in [0.2, 0.25) is 5.54 Å². The first-order valence-corrected chi connectivity index (χ1v) is 6.82. The molecular formula is C13H21NO6. The maximum absolute atomic E-state index is 12.1. The van der Waals surface area contributed by atoms with Gasteiger partial charge in [0.15, 0.2) is 0 Å². The van der Waals surface area contributed by atoms with Crippen molar-refractivity contribution in [1.82, 2.24) is 5.32 Å². The van der Waals surface area contributed by atoms with Gasteiger partial charge in [0.05, 0.1) is 19.1 Å². The Hall–Kier alpha value is -1.63. The summed E-state index contributed by atoms with van der Waals surface area (Å²) in [7, 11) is 0. The predicted octanol–water partition coefficient (Wildman–Crippen LogP) is 0.326. The summed E-state index contributed by atoms with van der Waals surface area (Å²) < 4.78 is 9.92. The van der Waals surface area contributed by atoms with Gasteiger partial charge >= 0.3 is 17.9 Å². The number of hydrogen-bond acceptors (Lipinski definition) is 6. The fraction of sp³-hybridized carbons (Fsp3) is 0.769. The first kappa shape index (κ1) is 16.4. The minimum atomic E-state index is -2.03. The second kappa shape index (κ2) is 7.23. The molecule has 1 saturated heterocycles. The zero-order valence-electron chi connectivity index (χ0n) is 11.8. The highest BCUT2D eigenvalue weighted by Crippen LogP contribution is 2.30. The highest BCUT2D eigenvalue weighted by Gasteiger charge is 2.60. The normalized spacial score (nSPS) is 25.2. The molecule has 7 heteroatoms. The third kappa shape index (κ3) is 3.09. The van der Waals surface area contributed by atoms with E-state index in [4.69, 9.17) is 9.47 Å². The molecule has 0 aromatic heterocycles. The molecule has 0 aromatic rings. The molecule has 0 amide bonds. The number of esters is 2. The Balaban J connectivity index is 2.94. The summed E-state index contributed by atoms with van der Waals surface area (Å²) in [4.78, 5) is 35.6. The van der Waals surface area contributed by atoms with E-state index in [0.29, 0.717) is 12.8 Å². The molecule has 0 radical (unpaired) electrons. The van der Waals surface area contributed by atoms with Gasteiger partial charge in [0.25, 0.3) is 0 Å². The van der Waals surface area contributed by atoms with Gasteiger partial charge in [0, 0.05) is 0 Å². The molecule has 2 N–H and O–H groups in total. The average molecular weight is 287 g/mol. The smallest absolute Gasteiger partial charge is 0.339 e. The minimum absolute atomic E-state index is 0.117. The van der Waals surface area contributed by atoms with E-state index in [1.54, 1.807) is 6.92 Å². The van der Waals surface area contributed by atoms with Crippen LogP contribution in [-0.2, 0) is 23.9 Å². The molecular weight excluding hydrogens is 266 g/mol. The lowest BCUT2D eigenvalue weighted by Gasteiger charge is -2.27. The van der Waals surface area contributed by atoms with Gasteiger partial charge in [-0.15, -0.1) is 0 Å². The largest absolute Gasteiger partial charge is 0.479 e. The minimum Gasteiger partial charge on any atom is -0.479 e. The quantitative estimate of drug-likeness (QED) is 0.513. The third-order valence-corrected chi connectivity index (χ3v) is 3.19. The monoisotopic (exact) mass is 287 g/mol. The topological polar surface area (TPSA) is 102 Å². The zero-order valence-corrected chi connectivity index (χ0v) is 11.8. The molecule has 1 aliphatic rings. The van der Waals surface area contributed by atoms with E-state index < -0.39 is 29.4 Å². The van der Waals surface area contributed by atoms with Crippen LogP contribution in [0.15, 0.2) is 0 Å². The van der Waals surface area contributed by atoms with Crippen LogP contribution in [0.5, 0.6) is 0 Å². The van der Waals surface area contributed by atoms with Gasteiger partial charge in [-0.1, -0.05) is 13.8 Å². The summed E-state index contributed by atoms with van der Waals surface area (Å²) in [5.41, 5.74) is -2.03. The van der Waals surface area contributed by atoms with Crippen molar-refractivity contribution in [3.63, 3.8) is 0 Å². The number of rotatable bonds is 7. The van der Waals surface area contributed by atoms with Crippen LogP contribution in [0.1, 0.15) is 33.1 Å². The Labute approximate surface area is 117 Å². The summed E-state index contributed by atoms with van der Waals surface area (Å²) in [5.74, 6) is -4.07. The summed E-state index contributed by atoms with van der Waals surface area (Å²) >= 11 is 0. The Morgan fingerprint density at radius 3 is 2.35 bits per heavy atom. The number of carbonyl (C=O) groups is 3. The Morgan fingerprint density at radius 2 is 1.80 bits per heavy atom. The van der Waals surface area contributed by atoms with E-state index in [9.17, 15) is 19.5 Å². The lowest BCUT2D eigenvalue weighted by molar-refractivity contribution is -0.171. The molecule has 1 aliphatic heterocycles. The van der Waals surface area contributed by atoms with E-state index in [1.807, 2.05) is 6.92 Å². The van der Waals surface area contributed by atoms with Crippen molar-refractivity contribution in [3.05, 3.63) is 0 Å². The fourth-order valence-electron chi connectivity index (χ4n) is 2.19. The molecule has 0 spiro atoms. The highest BCUT2D eigenvalue weighted by molar-refractivity contribution is 6.08. The Kier molecular flexibility index (Phi) is 5.94. The van der Waals surface area contributed by atoms with Crippen molar-refractivity contribution >= 4 is 17.9 Å². The zero-order chi connectivity index (χ0) is 15.2. The molecule has 20 heavy (non-hydrogen) atoms. The summed E-state index contributed by atoms with van der Waals surface area (Å²) in [6.45, 7) is 4.21. The van der Waals surface area contributed by atoms with Gasteiger partial charge in [-0.05, 0) is 25.8 Å². The van der Waals surface area contributed by atoms with Crippen LogP contribution in [0, 0.1) is 5.92 Å². The number of aliphatic carboxylic acids is 1. The molecule has 1 rings (SSSR count). The van der Waals surface area contributed by atoms with E-state index in [2.05, 4.69) is 5.32 Å². The van der Waals surface area contributed by atoms with Crippen LogP contribution in [0.2, 0.25) is 0 Å². The number of nitrogens with one attached hydrogen (secondary N) is 1. The molecule has 7 nitrogen and oxygen atoms in total. The van der Waals surface area contributed by atoms with Gasteiger partial charge in [-0.2, -0.15) is 0 Å². The molecule has 0 bridgehead atoms. The molecule has 0 aliphatic carbocycles. The van der Waals surface area contributed by atoms with Gasteiger partial charge in [0.1, 0.15) is 0 Å². The maximum atomic E-state index is 12.1. The molecule has 2 unspecified atom stereocenters. The number of carboxylic acids is 1. The number of ether oxygens (including phenoxy) is 2. The molecule has 114 valence electrons. The van der Waals surface area contributed by atoms with Crippen LogP contribution < -0.4 is 5.32 Å². The van der Waals surface area contributed by atoms with Crippen molar-refractivity contribution in [1.29, 1.82) is 0 Å². The van der Waals surface area contributed by atoms with Crippen LogP contribution >= 0.6 is 0 Å². The SMILES string of the molecule is CCCOC(=O)C1CCNC1(C(=O)O)C(=O)OCCC. The first-order chi connectivity index (χ1) is 9.50. The highest BCUT2D eigenvalue weighted by atomic mass is 16.5. The van der Waals surface area contributed by atoms with E-state index in [1.165, 1.54) is 0 Å². The van der Waals surface area contributed by atoms with E-state index in [-0.39, 0.29) is 26.2 Å². The average Bonchev–Trinajstić information content (AvgIpc) is 2.88. The van der Waals surface area contributed by atoms with Crippen LogP contribution in [0.25, 0.3) is 0 Å². The lowest BCUT2D eigenvalue weighted by Crippen LogP contribution is -2.61. The van der Waals surface area contributed by atoms with Crippen LogP contribution in [-0.4, -0.2) is 48.3 Å². The second-order valence-corrected chi connectivity index (χ2v) is 4.68. The van der Waals surface area contributed by atoms with Crippen molar-refractivity contribution < 1.29 is 29.0 Å². The van der Waals surface area contributed by atoms with Gasteiger partial charge in [-0.25, -0.2) is 9.59 Å². The fourth-order valence-corrected chi connectivity index (χ4v) is 2.19. The van der Waals surface area contributed by atoms with Crippen molar-refractivity contribution in [3.8, 4) is 0 Å². The number of carboxylic acid groups (broad SMARTS) is 1. The summed E-state index contributed by atoms with van der Waals surface area (Å²) in [6, 6.07) is 0. The van der Waals surface area contributed by atoms with Crippen molar-refractivity contribution in [2.45, 2.75) is 38.6 Å². The van der Waals surface area contributed by atoms with E-state index in [0.717, 1.165) is 0 Å². The molecule has 2 atom stereocenters. The third-order valence-electron chi connectivity index (χ3n) is 3.19. The van der Waals surface area contributed by atoms with Crippen LogP contribution in [0.4, 0.5) is 0 Å². The molecule has 0 saturated carbocycles. The van der Waals surface area contributed by atoms with E-state index >= 15 is 0 Å². The number of carbonyl (C=O) groups excluding carboxylic acids is 2. The summed E-state index contributed by atoms with van der Waals surface area (Å²) in [6.07, 6.45) is 1.44.